The van der Waals surface area contributed by atoms with Crippen LogP contribution >= 0.6 is 11.6 Å². The maximum absolute atomic E-state index is 12.8. The standard InChI is InChI=1S/C20H19ClF3NO3/c1-12(2)28-17-8-4-13(10-18(17)27-3)5-9-19(26)25-16-11-14(20(22,23)24)6-7-15(16)21/h4-12H,1-3H3,(H,25,26)/b9-5+. The highest BCUT2D eigenvalue weighted by molar-refractivity contribution is 6.33. The van der Waals surface area contributed by atoms with Crippen LogP contribution in [0, 0.1) is 0 Å². The minimum absolute atomic E-state index is 0.00612. The zero-order valence-corrected chi connectivity index (χ0v) is 16.2. The lowest BCUT2D eigenvalue weighted by atomic mass is 10.1. The molecule has 0 atom stereocenters. The van der Waals surface area contributed by atoms with E-state index in [0.29, 0.717) is 17.1 Å². The number of ether oxygens (including phenoxy) is 2. The van der Waals surface area contributed by atoms with Crippen LogP contribution in [0.15, 0.2) is 42.5 Å². The molecule has 0 aromatic heterocycles. The quantitative estimate of drug-likeness (QED) is 0.608. The van der Waals surface area contributed by atoms with E-state index >= 15 is 0 Å². The van der Waals surface area contributed by atoms with Crippen LogP contribution in [0.25, 0.3) is 6.08 Å². The van der Waals surface area contributed by atoms with Crippen LogP contribution < -0.4 is 14.8 Å². The molecule has 8 heteroatoms. The summed E-state index contributed by atoms with van der Waals surface area (Å²) in [6, 6.07) is 7.83. The van der Waals surface area contributed by atoms with Crippen LogP contribution in [0.3, 0.4) is 0 Å². The largest absolute Gasteiger partial charge is 0.493 e. The molecular formula is C20H19ClF3NO3. The fourth-order valence-electron chi connectivity index (χ4n) is 2.28. The molecule has 150 valence electrons. The van der Waals surface area contributed by atoms with E-state index in [2.05, 4.69) is 5.32 Å². The van der Waals surface area contributed by atoms with E-state index in [4.69, 9.17) is 21.1 Å². The number of amides is 1. The van der Waals surface area contributed by atoms with Gasteiger partial charge in [0.25, 0.3) is 0 Å². The third-order valence-electron chi connectivity index (χ3n) is 3.53. The van der Waals surface area contributed by atoms with Gasteiger partial charge in [0.05, 0.1) is 29.5 Å². The molecule has 0 heterocycles. The third kappa shape index (κ3) is 5.92. The van der Waals surface area contributed by atoms with Gasteiger partial charge in [-0.1, -0.05) is 17.7 Å². The van der Waals surface area contributed by atoms with Gasteiger partial charge in [-0.25, -0.2) is 0 Å². The molecule has 0 fully saturated rings. The molecule has 2 aromatic carbocycles. The minimum Gasteiger partial charge on any atom is -0.493 e. The van der Waals surface area contributed by atoms with E-state index in [1.54, 1.807) is 18.2 Å². The molecule has 0 aliphatic heterocycles. The van der Waals surface area contributed by atoms with Crippen molar-refractivity contribution < 1.29 is 27.4 Å². The van der Waals surface area contributed by atoms with Gasteiger partial charge in [-0.05, 0) is 55.8 Å². The number of methoxy groups -OCH3 is 1. The average molecular weight is 414 g/mol. The Balaban J connectivity index is 2.14. The molecule has 2 rings (SSSR count). The predicted octanol–water partition coefficient (Wildman–Crippen LogP) is 5.81. The minimum atomic E-state index is -4.53. The molecule has 1 N–H and O–H groups in total. The molecule has 28 heavy (non-hydrogen) atoms. The summed E-state index contributed by atoms with van der Waals surface area (Å²) in [7, 11) is 1.50. The maximum atomic E-state index is 12.8. The molecule has 0 unspecified atom stereocenters. The van der Waals surface area contributed by atoms with Crippen LogP contribution in [-0.2, 0) is 11.0 Å². The van der Waals surface area contributed by atoms with Crippen LogP contribution in [0.1, 0.15) is 25.0 Å². The van der Waals surface area contributed by atoms with Crippen molar-refractivity contribution in [3.63, 3.8) is 0 Å². The van der Waals surface area contributed by atoms with Gasteiger partial charge in [-0.3, -0.25) is 4.79 Å². The number of carbonyl (C=O) groups is 1. The van der Waals surface area contributed by atoms with Gasteiger partial charge in [0.15, 0.2) is 11.5 Å². The number of alkyl halides is 3. The van der Waals surface area contributed by atoms with E-state index in [-0.39, 0.29) is 16.8 Å². The zero-order chi connectivity index (χ0) is 20.9. The number of carbonyl (C=O) groups excluding carboxylic acids is 1. The Kier molecular flexibility index (Phi) is 6.96. The molecule has 4 nitrogen and oxygen atoms in total. The van der Waals surface area contributed by atoms with Gasteiger partial charge < -0.3 is 14.8 Å². The maximum Gasteiger partial charge on any atom is 0.416 e. The van der Waals surface area contributed by atoms with Crippen molar-refractivity contribution in [3.8, 4) is 11.5 Å². The lowest BCUT2D eigenvalue weighted by Crippen LogP contribution is -2.11. The monoisotopic (exact) mass is 413 g/mol. The van der Waals surface area contributed by atoms with Crippen molar-refractivity contribution in [2.75, 3.05) is 12.4 Å². The number of rotatable bonds is 6. The Morgan fingerprint density at radius 2 is 1.86 bits per heavy atom. The van der Waals surface area contributed by atoms with Crippen molar-refractivity contribution in [2.45, 2.75) is 26.1 Å². The van der Waals surface area contributed by atoms with E-state index in [0.717, 1.165) is 18.2 Å². The Morgan fingerprint density at radius 1 is 1.14 bits per heavy atom. The molecular weight excluding hydrogens is 395 g/mol. The van der Waals surface area contributed by atoms with Gasteiger partial charge >= 0.3 is 6.18 Å². The normalized spacial score (nSPS) is 11.7. The van der Waals surface area contributed by atoms with E-state index in [9.17, 15) is 18.0 Å². The second-order valence-electron chi connectivity index (χ2n) is 6.09. The Bertz CT molecular complexity index is 879. The van der Waals surface area contributed by atoms with Gasteiger partial charge in [0.1, 0.15) is 0 Å². The highest BCUT2D eigenvalue weighted by atomic mass is 35.5. The van der Waals surface area contributed by atoms with Crippen molar-refractivity contribution in [1.29, 1.82) is 0 Å². The molecule has 2 aromatic rings. The number of nitrogens with one attached hydrogen (secondary N) is 1. The van der Waals surface area contributed by atoms with E-state index in [1.165, 1.54) is 19.3 Å². The van der Waals surface area contributed by atoms with Gasteiger partial charge in [0, 0.05) is 6.08 Å². The van der Waals surface area contributed by atoms with E-state index < -0.39 is 17.6 Å². The molecule has 0 bridgehead atoms. The SMILES string of the molecule is COc1cc(/C=C/C(=O)Nc2cc(C(F)(F)F)ccc2Cl)ccc1OC(C)C. The van der Waals surface area contributed by atoms with Crippen molar-refractivity contribution >= 4 is 29.3 Å². The lowest BCUT2D eigenvalue weighted by molar-refractivity contribution is -0.137. The molecule has 0 radical (unpaired) electrons. The second-order valence-corrected chi connectivity index (χ2v) is 6.50. The van der Waals surface area contributed by atoms with Gasteiger partial charge in [-0.15, -0.1) is 0 Å². The fraction of sp³-hybridized carbons (Fsp3) is 0.250. The molecule has 0 aliphatic carbocycles. The molecule has 0 aliphatic rings. The number of benzene rings is 2. The van der Waals surface area contributed by atoms with Crippen LogP contribution in [0.4, 0.5) is 18.9 Å². The zero-order valence-electron chi connectivity index (χ0n) is 15.4. The Morgan fingerprint density at radius 3 is 2.46 bits per heavy atom. The summed E-state index contributed by atoms with van der Waals surface area (Å²) in [4.78, 5) is 12.1. The lowest BCUT2D eigenvalue weighted by Gasteiger charge is -2.13. The first-order valence-corrected chi connectivity index (χ1v) is 8.68. The topological polar surface area (TPSA) is 47.6 Å². The molecule has 1 amide bonds. The number of hydrogen-bond acceptors (Lipinski definition) is 3. The average Bonchev–Trinajstić information content (AvgIpc) is 2.61. The smallest absolute Gasteiger partial charge is 0.416 e. The first-order chi connectivity index (χ1) is 13.1. The first-order valence-electron chi connectivity index (χ1n) is 8.30. The number of halogens is 4. The summed E-state index contributed by atoms with van der Waals surface area (Å²) in [6.45, 7) is 3.77. The summed E-state index contributed by atoms with van der Waals surface area (Å²) < 4.78 is 49.3. The summed E-state index contributed by atoms with van der Waals surface area (Å²) in [6.07, 6.45) is -1.87. The van der Waals surface area contributed by atoms with Crippen molar-refractivity contribution in [2.24, 2.45) is 0 Å². The van der Waals surface area contributed by atoms with E-state index in [1.807, 2.05) is 13.8 Å². The summed E-state index contributed by atoms with van der Waals surface area (Å²) in [5, 5.41) is 2.35. The van der Waals surface area contributed by atoms with Gasteiger partial charge in [0.2, 0.25) is 5.91 Å². The van der Waals surface area contributed by atoms with Crippen molar-refractivity contribution in [1.82, 2.24) is 0 Å². The fourth-order valence-corrected chi connectivity index (χ4v) is 2.45. The van der Waals surface area contributed by atoms with Gasteiger partial charge in [-0.2, -0.15) is 13.2 Å². The highest BCUT2D eigenvalue weighted by Crippen LogP contribution is 2.34. The highest BCUT2D eigenvalue weighted by Gasteiger charge is 2.31. The summed E-state index contributed by atoms with van der Waals surface area (Å²) >= 11 is 5.87. The molecule has 0 saturated heterocycles. The predicted molar refractivity (Wildman–Crippen MR) is 103 cm³/mol. The van der Waals surface area contributed by atoms with Crippen LogP contribution in [0.2, 0.25) is 5.02 Å². The number of hydrogen-bond donors (Lipinski definition) is 1. The summed E-state index contributed by atoms with van der Waals surface area (Å²) in [5.74, 6) is 0.440. The summed E-state index contributed by atoms with van der Waals surface area (Å²) in [5.41, 5.74) is -0.371. The third-order valence-corrected chi connectivity index (χ3v) is 3.86. The first kappa shape index (κ1) is 21.6. The Labute approximate surface area is 165 Å². The van der Waals surface area contributed by atoms with Crippen molar-refractivity contribution in [3.05, 3.63) is 58.6 Å². The molecule has 0 saturated carbocycles. The number of anilines is 1. The van der Waals surface area contributed by atoms with Crippen LogP contribution in [0.5, 0.6) is 11.5 Å². The molecule has 0 spiro atoms. The Hall–Kier alpha value is -2.67. The van der Waals surface area contributed by atoms with Crippen LogP contribution in [-0.4, -0.2) is 19.1 Å². The second kappa shape index (κ2) is 9.01.